The predicted octanol–water partition coefficient (Wildman–Crippen LogP) is -0.323. The van der Waals surface area contributed by atoms with E-state index in [-0.39, 0.29) is 37.6 Å². The van der Waals surface area contributed by atoms with Crippen molar-refractivity contribution in [2.24, 2.45) is 0 Å². The number of rotatable bonds is 10. The molecule has 1 amide bonds. The molecule has 9 heteroatoms. The first-order valence-corrected chi connectivity index (χ1v) is 7.58. The highest BCUT2D eigenvalue weighted by molar-refractivity contribution is 6.00. The molecular formula is C15H24N4O5. The number of carbonyl (C=O) groups excluding carboxylic acids is 1. The molecule has 0 unspecified atom stereocenters. The molecule has 0 spiro atoms. The molecule has 134 valence electrons. The van der Waals surface area contributed by atoms with Crippen LogP contribution < -0.4 is 10.2 Å². The summed E-state index contributed by atoms with van der Waals surface area (Å²) < 4.78 is 0. The van der Waals surface area contributed by atoms with Crippen LogP contribution in [0, 0.1) is 10.1 Å². The number of nitro groups is 1. The van der Waals surface area contributed by atoms with E-state index in [1.165, 1.54) is 18.2 Å². The summed E-state index contributed by atoms with van der Waals surface area (Å²) in [5.41, 5.74) is 0.389. The third kappa shape index (κ3) is 5.76. The van der Waals surface area contributed by atoms with Crippen molar-refractivity contribution in [3.63, 3.8) is 0 Å². The van der Waals surface area contributed by atoms with Crippen molar-refractivity contribution < 1.29 is 19.9 Å². The highest BCUT2D eigenvalue weighted by Gasteiger charge is 2.20. The molecule has 0 atom stereocenters. The minimum absolute atomic E-state index is 0.143. The van der Waals surface area contributed by atoms with Crippen LogP contribution in [-0.4, -0.2) is 79.4 Å². The number of hydrogen-bond acceptors (Lipinski definition) is 7. The first-order valence-electron chi connectivity index (χ1n) is 7.58. The average Bonchev–Trinajstić information content (AvgIpc) is 2.53. The van der Waals surface area contributed by atoms with Gasteiger partial charge in [-0.15, -0.1) is 0 Å². The molecule has 1 aromatic rings. The van der Waals surface area contributed by atoms with Crippen LogP contribution in [0.2, 0.25) is 0 Å². The first kappa shape index (κ1) is 19.8. The zero-order valence-electron chi connectivity index (χ0n) is 13.9. The summed E-state index contributed by atoms with van der Waals surface area (Å²) in [6, 6.07) is 3.97. The van der Waals surface area contributed by atoms with Gasteiger partial charge in [0.25, 0.3) is 11.6 Å². The van der Waals surface area contributed by atoms with E-state index in [0.29, 0.717) is 18.8 Å². The summed E-state index contributed by atoms with van der Waals surface area (Å²) in [7, 11) is 3.74. The molecule has 0 aliphatic rings. The summed E-state index contributed by atoms with van der Waals surface area (Å²) in [5.74, 6) is -0.434. The number of benzene rings is 1. The second kappa shape index (κ2) is 9.81. The summed E-state index contributed by atoms with van der Waals surface area (Å²) in [4.78, 5) is 26.4. The Morgan fingerprint density at radius 1 is 1.21 bits per heavy atom. The number of aliphatic hydroxyl groups excluding tert-OH is 2. The molecule has 0 radical (unpaired) electrons. The Balaban J connectivity index is 3.12. The lowest BCUT2D eigenvalue weighted by Crippen LogP contribution is -2.35. The number of nitrogens with zero attached hydrogens (tertiary/aromatic N) is 3. The highest BCUT2D eigenvalue weighted by atomic mass is 16.6. The second-order valence-corrected chi connectivity index (χ2v) is 5.45. The van der Waals surface area contributed by atoms with Crippen molar-refractivity contribution in [1.82, 2.24) is 10.2 Å². The van der Waals surface area contributed by atoms with Crippen LogP contribution in [0.25, 0.3) is 0 Å². The maximum Gasteiger partial charge on any atom is 0.270 e. The van der Waals surface area contributed by atoms with Crippen molar-refractivity contribution in [2.75, 3.05) is 58.4 Å². The largest absolute Gasteiger partial charge is 0.395 e. The van der Waals surface area contributed by atoms with Crippen molar-refractivity contribution in [3.05, 3.63) is 33.9 Å². The van der Waals surface area contributed by atoms with Crippen molar-refractivity contribution in [1.29, 1.82) is 0 Å². The zero-order chi connectivity index (χ0) is 18.1. The van der Waals surface area contributed by atoms with Gasteiger partial charge >= 0.3 is 0 Å². The summed E-state index contributed by atoms with van der Waals surface area (Å²) in [6.07, 6.45) is 0. The van der Waals surface area contributed by atoms with Gasteiger partial charge < -0.3 is 25.3 Å². The van der Waals surface area contributed by atoms with Crippen LogP contribution in [0.15, 0.2) is 18.2 Å². The first-order chi connectivity index (χ1) is 11.4. The molecule has 0 aromatic heterocycles. The van der Waals surface area contributed by atoms with Gasteiger partial charge in [-0.3, -0.25) is 14.9 Å². The fourth-order valence-electron chi connectivity index (χ4n) is 2.18. The van der Waals surface area contributed by atoms with Crippen LogP contribution >= 0.6 is 0 Å². The van der Waals surface area contributed by atoms with Gasteiger partial charge in [-0.05, 0) is 20.2 Å². The average molecular weight is 340 g/mol. The molecule has 0 bridgehead atoms. The molecule has 0 aliphatic heterocycles. The number of likely N-dealkylation sites (N-methyl/N-ethyl adjacent to an activating group) is 1. The zero-order valence-corrected chi connectivity index (χ0v) is 13.9. The summed E-state index contributed by atoms with van der Waals surface area (Å²) in [5, 5.41) is 32.0. The smallest absolute Gasteiger partial charge is 0.270 e. The molecule has 24 heavy (non-hydrogen) atoms. The molecular weight excluding hydrogens is 316 g/mol. The molecule has 0 fully saturated rings. The number of nitrogens with one attached hydrogen (secondary N) is 1. The Morgan fingerprint density at radius 3 is 2.33 bits per heavy atom. The molecule has 0 saturated heterocycles. The molecule has 0 heterocycles. The van der Waals surface area contributed by atoms with Gasteiger partial charge in [-0.25, -0.2) is 0 Å². The maximum absolute atomic E-state index is 12.4. The van der Waals surface area contributed by atoms with Crippen molar-refractivity contribution in [2.45, 2.75) is 0 Å². The Bertz CT molecular complexity index is 559. The third-order valence-corrected chi connectivity index (χ3v) is 3.36. The van der Waals surface area contributed by atoms with E-state index < -0.39 is 10.8 Å². The van der Waals surface area contributed by atoms with Gasteiger partial charge in [0.15, 0.2) is 0 Å². The lowest BCUT2D eigenvalue weighted by atomic mass is 10.1. The van der Waals surface area contributed by atoms with E-state index >= 15 is 0 Å². The van der Waals surface area contributed by atoms with Gasteiger partial charge in [0.1, 0.15) is 0 Å². The van der Waals surface area contributed by atoms with Crippen LogP contribution in [-0.2, 0) is 0 Å². The highest BCUT2D eigenvalue weighted by Crippen LogP contribution is 2.25. The molecule has 1 aromatic carbocycles. The number of amides is 1. The lowest BCUT2D eigenvalue weighted by Gasteiger charge is -2.25. The standard InChI is InChI=1S/C15H24N4O5/c1-17(2)6-5-16-15(22)13-11-12(19(23)24)3-4-14(13)18(7-9-20)8-10-21/h3-4,11,20-21H,5-10H2,1-2H3,(H,16,22). The predicted molar refractivity (Wildman–Crippen MR) is 90.4 cm³/mol. The van der Waals surface area contributed by atoms with Crippen LogP contribution in [0.4, 0.5) is 11.4 Å². The Morgan fingerprint density at radius 2 is 1.83 bits per heavy atom. The van der Waals surface area contributed by atoms with Gasteiger partial charge in [0.05, 0.1) is 29.4 Å². The minimum atomic E-state index is -0.567. The summed E-state index contributed by atoms with van der Waals surface area (Å²) >= 11 is 0. The normalized spacial score (nSPS) is 10.7. The van der Waals surface area contributed by atoms with Gasteiger partial charge in [0, 0.05) is 38.3 Å². The fraction of sp³-hybridized carbons (Fsp3) is 0.533. The van der Waals surface area contributed by atoms with E-state index in [9.17, 15) is 14.9 Å². The lowest BCUT2D eigenvalue weighted by molar-refractivity contribution is -0.384. The number of anilines is 1. The molecule has 1 rings (SSSR count). The van der Waals surface area contributed by atoms with Crippen LogP contribution in [0.3, 0.4) is 0 Å². The number of hydrogen-bond donors (Lipinski definition) is 3. The maximum atomic E-state index is 12.4. The second-order valence-electron chi connectivity index (χ2n) is 5.45. The van der Waals surface area contributed by atoms with Crippen molar-refractivity contribution in [3.8, 4) is 0 Å². The SMILES string of the molecule is CN(C)CCNC(=O)c1cc([N+](=O)[O-])ccc1N(CCO)CCO. The van der Waals surface area contributed by atoms with E-state index in [4.69, 9.17) is 10.2 Å². The van der Waals surface area contributed by atoms with Crippen LogP contribution in [0.1, 0.15) is 10.4 Å². The Hall–Kier alpha value is -2.23. The quantitative estimate of drug-likeness (QED) is 0.394. The third-order valence-electron chi connectivity index (χ3n) is 3.36. The van der Waals surface area contributed by atoms with E-state index in [2.05, 4.69) is 5.32 Å². The minimum Gasteiger partial charge on any atom is -0.395 e. The fourth-order valence-corrected chi connectivity index (χ4v) is 2.18. The number of non-ortho nitro benzene ring substituents is 1. The van der Waals surface area contributed by atoms with E-state index in [1.807, 2.05) is 19.0 Å². The topological polar surface area (TPSA) is 119 Å². The van der Waals surface area contributed by atoms with Crippen molar-refractivity contribution >= 4 is 17.3 Å². The number of nitro benzene ring substituents is 1. The molecule has 9 nitrogen and oxygen atoms in total. The van der Waals surface area contributed by atoms with E-state index in [1.54, 1.807) is 4.90 Å². The van der Waals surface area contributed by atoms with Gasteiger partial charge in [-0.2, -0.15) is 0 Å². The number of carbonyl (C=O) groups is 1. The Labute approximate surface area is 140 Å². The van der Waals surface area contributed by atoms with Gasteiger partial charge in [0.2, 0.25) is 0 Å². The molecule has 3 N–H and O–H groups in total. The van der Waals surface area contributed by atoms with E-state index in [0.717, 1.165) is 0 Å². The number of aliphatic hydroxyl groups is 2. The van der Waals surface area contributed by atoms with Crippen LogP contribution in [0.5, 0.6) is 0 Å². The molecule has 0 saturated carbocycles. The van der Waals surface area contributed by atoms with Gasteiger partial charge in [-0.1, -0.05) is 0 Å². The monoisotopic (exact) mass is 340 g/mol. The summed E-state index contributed by atoms with van der Waals surface area (Å²) in [6.45, 7) is 1.10. The Kier molecular flexibility index (Phi) is 8.10. The molecule has 0 aliphatic carbocycles.